The Hall–Kier alpha value is -0.980. The minimum absolute atomic E-state index is 0.0716. The third-order valence-corrected chi connectivity index (χ3v) is 3.18. The molecule has 1 aliphatic heterocycles. The molecule has 1 heterocycles. The van der Waals surface area contributed by atoms with Crippen molar-refractivity contribution < 1.29 is 15.1 Å². The normalized spacial score (nSPS) is 19.8. The van der Waals surface area contributed by atoms with Crippen LogP contribution in [0.2, 0.25) is 0 Å². The summed E-state index contributed by atoms with van der Waals surface area (Å²) >= 11 is 2.22. The zero-order chi connectivity index (χ0) is 10.8. The molecule has 5 heteroatoms. The Morgan fingerprint density at radius 2 is 2.27 bits per heavy atom. The van der Waals surface area contributed by atoms with Crippen molar-refractivity contribution in [3.63, 3.8) is 0 Å². The molecule has 0 saturated carbocycles. The molecule has 1 atom stereocenters. The van der Waals surface area contributed by atoms with Gasteiger partial charge in [0.2, 0.25) is 0 Å². The molecule has 15 heavy (non-hydrogen) atoms. The van der Waals surface area contributed by atoms with Gasteiger partial charge in [-0.15, -0.1) is 0 Å². The van der Waals surface area contributed by atoms with Crippen molar-refractivity contribution in [1.82, 2.24) is 0 Å². The molecule has 80 valence electrons. The summed E-state index contributed by atoms with van der Waals surface area (Å²) in [7, 11) is 0. The lowest BCUT2D eigenvalue weighted by atomic mass is 10.0. The summed E-state index contributed by atoms with van der Waals surface area (Å²) in [6.07, 6.45) is 0.738. The maximum atomic E-state index is 9.60. The quantitative estimate of drug-likeness (QED) is 0.498. The van der Waals surface area contributed by atoms with Gasteiger partial charge in [-0.05, 0) is 18.2 Å². The number of phenolic OH excluding ortho intramolecular Hbond substituents is 2. The number of aromatic hydroxyl groups is 2. The van der Waals surface area contributed by atoms with E-state index in [9.17, 15) is 10.2 Å². The van der Waals surface area contributed by atoms with Crippen LogP contribution in [0.15, 0.2) is 23.4 Å². The second-order valence-corrected chi connectivity index (χ2v) is 4.21. The van der Waals surface area contributed by atoms with Crippen LogP contribution in [0, 0.1) is 0 Å². The summed E-state index contributed by atoms with van der Waals surface area (Å²) in [6.45, 7) is 0. The van der Waals surface area contributed by atoms with Crippen molar-refractivity contribution in [3.05, 3.63) is 23.8 Å². The topological polar surface area (TPSA) is 62.0 Å². The molecule has 2 N–H and O–H groups in total. The number of rotatable bonds is 2. The zero-order valence-electron chi connectivity index (χ0n) is 7.85. The van der Waals surface area contributed by atoms with Gasteiger partial charge in [-0.25, -0.2) is 0 Å². The molecule has 0 spiro atoms. The molecule has 1 unspecified atom stereocenters. The Morgan fingerprint density at radius 3 is 2.93 bits per heavy atom. The largest absolute Gasteiger partial charge is 0.508 e. The Kier molecular flexibility index (Phi) is 2.99. The second-order valence-electron chi connectivity index (χ2n) is 3.33. The molecule has 2 rings (SSSR count). The number of alkyl halides is 1. The minimum atomic E-state index is 0.0716. The standard InChI is InChI=1S/C10H10INO3/c11-5-7-4-9(12-15-7)8-3-6(13)1-2-10(8)14/h1-3,7,13-14H,4-5H2. The first-order chi connectivity index (χ1) is 7.20. The molecule has 0 fully saturated rings. The third kappa shape index (κ3) is 2.17. The summed E-state index contributed by atoms with van der Waals surface area (Å²) in [5.41, 5.74) is 1.23. The van der Waals surface area contributed by atoms with E-state index in [0.717, 1.165) is 4.43 Å². The van der Waals surface area contributed by atoms with Crippen LogP contribution in [-0.2, 0) is 4.84 Å². The van der Waals surface area contributed by atoms with E-state index in [2.05, 4.69) is 27.7 Å². The highest BCUT2D eigenvalue weighted by molar-refractivity contribution is 14.1. The van der Waals surface area contributed by atoms with Crippen molar-refractivity contribution in [2.45, 2.75) is 12.5 Å². The fourth-order valence-corrected chi connectivity index (χ4v) is 1.90. The monoisotopic (exact) mass is 319 g/mol. The lowest BCUT2D eigenvalue weighted by Gasteiger charge is -2.04. The van der Waals surface area contributed by atoms with Gasteiger partial charge < -0.3 is 15.1 Å². The number of halogens is 1. The third-order valence-electron chi connectivity index (χ3n) is 2.20. The highest BCUT2D eigenvalue weighted by atomic mass is 127. The van der Waals surface area contributed by atoms with Gasteiger partial charge in [0.1, 0.15) is 17.6 Å². The zero-order valence-corrected chi connectivity index (χ0v) is 10.0. The number of oxime groups is 1. The first-order valence-corrected chi connectivity index (χ1v) is 6.04. The van der Waals surface area contributed by atoms with E-state index >= 15 is 0 Å². The fourth-order valence-electron chi connectivity index (χ4n) is 1.43. The van der Waals surface area contributed by atoms with Gasteiger partial charge in [-0.3, -0.25) is 0 Å². The maximum Gasteiger partial charge on any atom is 0.142 e. The Balaban J connectivity index is 2.27. The van der Waals surface area contributed by atoms with Crippen molar-refractivity contribution >= 4 is 28.3 Å². The maximum absolute atomic E-state index is 9.60. The summed E-state index contributed by atoms with van der Waals surface area (Å²) in [4.78, 5) is 5.15. The lowest BCUT2D eigenvalue weighted by molar-refractivity contribution is 0.105. The molecule has 1 aliphatic rings. The van der Waals surface area contributed by atoms with Crippen LogP contribution in [0.1, 0.15) is 12.0 Å². The first kappa shape index (κ1) is 10.5. The molecule has 0 aromatic heterocycles. The summed E-state index contributed by atoms with van der Waals surface area (Å²) in [6, 6.07) is 4.38. The average Bonchev–Trinajstić information content (AvgIpc) is 2.70. The van der Waals surface area contributed by atoms with E-state index in [1.165, 1.54) is 18.2 Å². The molecule has 0 aliphatic carbocycles. The van der Waals surface area contributed by atoms with Crippen LogP contribution in [0.25, 0.3) is 0 Å². The van der Waals surface area contributed by atoms with E-state index < -0.39 is 0 Å². The van der Waals surface area contributed by atoms with Crippen LogP contribution in [-0.4, -0.2) is 26.5 Å². The number of phenols is 2. The average molecular weight is 319 g/mol. The molecule has 0 amide bonds. The SMILES string of the molecule is Oc1ccc(O)c(C2=NOC(CI)C2)c1. The number of benzene rings is 1. The van der Waals surface area contributed by atoms with Crippen molar-refractivity contribution in [1.29, 1.82) is 0 Å². The molecule has 4 nitrogen and oxygen atoms in total. The van der Waals surface area contributed by atoms with Crippen molar-refractivity contribution in [3.8, 4) is 11.5 Å². The fraction of sp³-hybridized carbons (Fsp3) is 0.300. The minimum Gasteiger partial charge on any atom is -0.508 e. The van der Waals surface area contributed by atoms with E-state index in [1.807, 2.05) is 0 Å². The Morgan fingerprint density at radius 1 is 1.47 bits per heavy atom. The molecule has 0 saturated heterocycles. The van der Waals surface area contributed by atoms with Crippen LogP contribution in [0.5, 0.6) is 11.5 Å². The molecule has 0 radical (unpaired) electrons. The van der Waals surface area contributed by atoms with Gasteiger partial charge in [0.05, 0.1) is 5.71 Å². The molecular formula is C10H10INO3. The summed E-state index contributed by atoms with van der Waals surface area (Å²) in [5.74, 6) is 0.229. The van der Waals surface area contributed by atoms with Crippen molar-refractivity contribution in [2.75, 3.05) is 4.43 Å². The van der Waals surface area contributed by atoms with Crippen molar-refractivity contribution in [2.24, 2.45) is 5.16 Å². The molecule has 0 bridgehead atoms. The predicted octanol–water partition coefficient (Wildman–Crippen LogP) is 2.03. The highest BCUT2D eigenvalue weighted by Crippen LogP contribution is 2.27. The van der Waals surface area contributed by atoms with E-state index in [0.29, 0.717) is 17.7 Å². The number of hydrogen-bond acceptors (Lipinski definition) is 4. The van der Waals surface area contributed by atoms with E-state index in [4.69, 9.17) is 4.84 Å². The number of hydrogen-bond donors (Lipinski definition) is 2. The smallest absolute Gasteiger partial charge is 0.142 e. The van der Waals surface area contributed by atoms with Crippen LogP contribution in [0.4, 0.5) is 0 Å². The van der Waals surface area contributed by atoms with Crippen LogP contribution in [0.3, 0.4) is 0 Å². The highest BCUT2D eigenvalue weighted by Gasteiger charge is 2.23. The predicted molar refractivity (Wildman–Crippen MR) is 64.7 cm³/mol. The van der Waals surface area contributed by atoms with Gasteiger partial charge in [0.25, 0.3) is 0 Å². The first-order valence-electron chi connectivity index (χ1n) is 4.51. The van der Waals surface area contributed by atoms with Gasteiger partial charge in [0.15, 0.2) is 0 Å². The van der Waals surface area contributed by atoms with Gasteiger partial charge in [-0.2, -0.15) is 0 Å². The molecule has 1 aromatic carbocycles. The van der Waals surface area contributed by atoms with Crippen LogP contribution >= 0.6 is 22.6 Å². The second kappa shape index (κ2) is 4.26. The van der Waals surface area contributed by atoms with E-state index in [1.54, 1.807) is 0 Å². The Labute approximate surface area is 101 Å². The number of nitrogens with zero attached hydrogens (tertiary/aromatic N) is 1. The van der Waals surface area contributed by atoms with Gasteiger partial charge in [0, 0.05) is 16.4 Å². The molecular weight excluding hydrogens is 309 g/mol. The Bertz CT molecular complexity index is 406. The van der Waals surface area contributed by atoms with Gasteiger partial charge >= 0.3 is 0 Å². The van der Waals surface area contributed by atoms with E-state index in [-0.39, 0.29) is 17.6 Å². The lowest BCUT2D eigenvalue weighted by Crippen LogP contribution is -2.09. The molecule has 1 aromatic rings. The van der Waals surface area contributed by atoms with Gasteiger partial charge in [-0.1, -0.05) is 27.7 Å². The van der Waals surface area contributed by atoms with Crippen LogP contribution < -0.4 is 0 Å². The summed E-state index contributed by atoms with van der Waals surface area (Å²) < 4.78 is 0.852. The summed E-state index contributed by atoms with van der Waals surface area (Å²) in [5, 5.41) is 22.8.